The number of aromatic nitrogens is 3. The zero-order chi connectivity index (χ0) is 14.9. The minimum absolute atomic E-state index is 0.0706. The first-order valence-corrected chi connectivity index (χ1v) is 7.65. The van der Waals surface area contributed by atoms with Crippen molar-refractivity contribution in [2.75, 3.05) is 26.3 Å². The number of benzene rings is 1. The van der Waals surface area contributed by atoms with Crippen molar-refractivity contribution in [2.24, 2.45) is 11.8 Å². The van der Waals surface area contributed by atoms with E-state index >= 15 is 0 Å². The molecule has 2 fully saturated rings. The summed E-state index contributed by atoms with van der Waals surface area (Å²) in [6.07, 6.45) is 4.49. The Kier molecular flexibility index (Phi) is 3.38. The summed E-state index contributed by atoms with van der Waals surface area (Å²) in [6.45, 7) is 3.38. The van der Waals surface area contributed by atoms with Crippen molar-refractivity contribution in [3.05, 3.63) is 42.2 Å². The number of carbonyl (C=O) groups is 1. The lowest BCUT2D eigenvalue weighted by atomic mass is 9.85. The van der Waals surface area contributed by atoms with Crippen LogP contribution in [-0.2, 0) is 4.74 Å². The fraction of sp³-hybridized carbons (Fsp3) is 0.438. The highest BCUT2D eigenvalue weighted by atomic mass is 16.5. The highest BCUT2D eigenvalue weighted by molar-refractivity contribution is 5.98. The van der Waals surface area contributed by atoms with Gasteiger partial charge in [0.1, 0.15) is 0 Å². The topological polar surface area (TPSA) is 60.2 Å². The molecule has 2 aliphatic heterocycles. The molecule has 2 aromatic rings. The number of amides is 1. The van der Waals surface area contributed by atoms with Crippen LogP contribution in [0.1, 0.15) is 16.8 Å². The summed E-state index contributed by atoms with van der Waals surface area (Å²) < 4.78 is 7.07. The van der Waals surface area contributed by atoms with Gasteiger partial charge in [-0.3, -0.25) is 4.79 Å². The second-order valence-corrected chi connectivity index (χ2v) is 5.96. The molecule has 4 rings (SSSR count). The van der Waals surface area contributed by atoms with Gasteiger partial charge >= 0.3 is 0 Å². The van der Waals surface area contributed by atoms with Gasteiger partial charge in [0.25, 0.3) is 5.91 Å². The second-order valence-electron chi connectivity index (χ2n) is 5.96. The molecule has 0 radical (unpaired) electrons. The van der Waals surface area contributed by atoms with Crippen molar-refractivity contribution in [3.63, 3.8) is 0 Å². The Morgan fingerprint density at radius 1 is 1.23 bits per heavy atom. The molecule has 0 bridgehead atoms. The molecule has 1 aromatic heterocycles. The van der Waals surface area contributed by atoms with Gasteiger partial charge in [-0.1, -0.05) is 17.3 Å². The number of carbonyl (C=O) groups excluding carboxylic acids is 1. The predicted octanol–water partition coefficient (Wildman–Crippen LogP) is 1.38. The van der Waals surface area contributed by atoms with Crippen LogP contribution in [0, 0.1) is 11.8 Å². The highest BCUT2D eigenvalue weighted by Crippen LogP contribution is 2.31. The Morgan fingerprint density at radius 3 is 2.82 bits per heavy atom. The van der Waals surface area contributed by atoms with E-state index < -0.39 is 0 Å². The quantitative estimate of drug-likeness (QED) is 0.859. The first kappa shape index (κ1) is 13.5. The van der Waals surface area contributed by atoms with Crippen LogP contribution >= 0.6 is 0 Å². The van der Waals surface area contributed by atoms with Crippen LogP contribution in [0.25, 0.3) is 5.69 Å². The molecule has 114 valence electrons. The highest BCUT2D eigenvalue weighted by Gasteiger charge is 2.38. The van der Waals surface area contributed by atoms with E-state index in [9.17, 15) is 4.79 Å². The van der Waals surface area contributed by atoms with E-state index in [0.29, 0.717) is 17.4 Å². The van der Waals surface area contributed by atoms with Gasteiger partial charge in [0.2, 0.25) is 0 Å². The van der Waals surface area contributed by atoms with E-state index in [2.05, 4.69) is 10.3 Å². The lowest BCUT2D eigenvalue weighted by Gasteiger charge is -2.42. The number of ether oxygens (including phenoxy) is 1. The zero-order valence-corrected chi connectivity index (χ0v) is 12.3. The van der Waals surface area contributed by atoms with Gasteiger partial charge in [-0.15, -0.1) is 5.10 Å². The van der Waals surface area contributed by atoms with Crippen LogP contribution in [0.4, 0.5) is 0 Å². The van der Waals surface area contributed by atoms with Gasteiger partial charge in [-0.05, 0) is 30.4 Å². The summed E-state index contributed by atoms with van der Waals surface area (Å²) >= 11 is 0. The van der Waals surface area contributed by atoms with Crippen molar-refractivity contribution >= 4 is 5.91 Å². The molecule has 1 amide bonds. The SMILES string of the molecule is O=C(c1ccccc1-n1ccnn1)N1CC(C2CCOC2)C1. The molecular formula is C16H18N4O2. The third kappa shape index (κ3) is 2.29. The molecule has 0 spiro atoms. The third-order valence-corrected chi connectivity index (χ3v) is 4.63. The van der Waals surface area contributed by atoms with E-state index in [1.165, 1.54) is 0 Å². The molecule has 0 N–H and O–H groups in total. The Bertz CT molecular complexity index is 659. The van der Waals surface area contributed by atoms with Gasteiger partial charge in [0.15, 0.2) is 0 Å². The molecule has 1 aromatic carbocycles. The first-order chi connectivity index (χ1) is 10.8. The van der Waals surface area contributed by atoms with Crippen molar-refractivity contribution in [1.82, 2.24) is 19.9 Å². The van der Waals surface area contributed by atoms with Crippen LogP contribution in [0.2, 0.25) is 0 Å². The minimum atomic E-state index is 0.0706. The van der Waals surface area contributed by atoms with Crippen molar-refractivity contribution in [2.45, 2.75) is 6.42 Å². The number of para-hydroxylation sites is 1. The number of likely N-dealkylation sites (tertiary alicyclic amines) is 1. The largest absolute Gasteiger partial charge is 0.381 e. The lowest BCUT2D eigenvalue weighted by molar-refractivity contribution is 0.0341. The molecule has 0 saturated carbocycles. The molecule has 2 saturated heterocycles. The first-order valence-electron chi connectivity index (χ1n) is 7.65. The molecule has 1 unspecified atom stereocenters. The average molecular weight is 298 g/mol. The van der Waals surface area contributed by atoms with E-state index in [4.69, 9.17) is 4.74 Å². The smallest absolute Gasteiger partial charge is 0.256 e. The van der Waals surface area contributed by atoms with Crippen LogP contribution < -0.4 is 0 Å². The summed E-state index contributed by atoms with van der Waals surface area (Å²) in [4.78, 5) is 14.7. The normalized spacial score (nSPS) is 21.8. The van der Waals surface area contributed by atoms with Gasteiger partial charge in [0, 0.05) is 26.3 Å². The molecule has 22 heavy (non-hydrogen) atoms. The summed E-state index contributed by atoms with van der Waals surface area (Å²) in [5, 5.41) is 7.81. The molecule has 3 heterocycles. The maximum Gasteiger partial charge on any atom is 0.256 e. The van der Waals surface area contributed by atoms with Crippen molar-refractivity contribution < 1.29 is 9.53 Å². The molecule has 6 heteroatoms. The molecule has 6 nitrogen and oxygen atoms in total. The molecule has 2 aliphatic rings. The van der Waals surface area contributed by atoms with Crippen LogP contribution in [-0.4, -0.2) is 52.1 Å². The van der Waals surface area contributed by atoms with Crippen LogP contribution in [0.3, 0.4) is 0 Å². The fourth-order valence-corrected chi connectivity index (χ4v) is 3.26. The fourth-order valence-electron chi connectivity index (χ4n) is 3.26. The number of rotatable bonds is 3. The number of hydrogen-bond acceptors (Lipinski definition) is 4. The maximum absolute atomic E-state index is 12.7. The summed E-state index contributed by atoms with van der Waals surface area (Å²) in [6, 6.07) is 7.54. The molecular weight excluding hydrogens is 280 g/mol. The summed E-state index contributed by atoms with van der Waals surface area (Å²) in [7, 11) is 0. The minimum Gasteiger partial charge on any atom is -0.381 e. The average Bonchev–Trinajstić information content (AvgIpc) is 3.19. The number of nitrogens with zero attached hydrogens (tertiary/aromatic N) is 4. The molecule has 1 atom stereocenters. The van der Waals surface area contributed by atoms with Gasteiger partial charge in [-0.25, -0.2) is 4.68 Å². The third-order valence-electron chi connectivity index (χ3n) is 4.63. The Hall–Kier alpha value is -2.21. The van der Waals surface area contributed by atoms with Crippen molar-refractivity contribution in [1.29, 1.82) is 0 Å². The lowest BCUT2D eigenvalue weighted by Crippen LogP contribution is -2.53. The van der Waals surface area contributed by atoms with Crippen molar-refractivity contribution in [3.8, 4) is 5.69 Å². The molecule has 0 aliphatic carbocycles. The van der Waals surface area contributed by atoms with E-state index in [1.807, 2.05) is 29.2 Å². The zero-order valence-electron chi connectivity index (χ0n) is 12.3. The van der Waals surface area contributed by atoms with Crippen LogP contribution in [0.15, 0.2) is 36.7 Å². The van der Waals surface area contributed by atoms with E-state index in [0.717, 1.165) is 38.4 Å². The van der Waals surface area contributed by atoms with Gasteiger partial charge < -0.3 is 9.64 Å². The standard InChI is InChI=1S/C16H18N4O2/c21-16(19-9-13(10-19)12-5-8-22-11-12)14-3-1-2-4-15(14)20-7-6-17-18-20/h1-4,6-7,12-13H,5,8-11H2. The Labute approximate surface area is 128 Å². The summed E-state index contributed by atoms with van der Waals surface area (Å²) in [5.74, 6) is 1.28. The van der Waals surface area contributed by atoms with E-state index in [-0.39, 0.29) is 5.91 Å². The van der Waals surface area contributed by atoms with Gasteiger partial charge in [0.05, 0.1) is 23.6 Å². The van der Waals surface area contributed by atoms with Gasteiger partial charge in [-0.2, -0.15) is 0 Å². The monoisotopic (exact) mass is 298 g/mol. The predicted molar refractivity (Wildman–Crippen MR) is 79.7 cm³/mol. The maximum atomic E-state index is 12.7. The summed E-state index contributed by atoms with van der Waals surface area (Å²) in [5.41, 5.74) is 1.45. The Morgan fingerprint density at radius 2 is 2.09 bits per heavy atom. The Balaban J connectivity index is 1.50. The van der Waals surface area contributed by atoms with Crippen LogP contribution in [0.5, 0.6) is 0 Å². The van der Waals surface area contributed by atoms with E-state index in [1.54, 1.807) is 17.1 Å². The number of hydrogen-bond donors (Lipinski definition) is 0. The second kappa shape index (κ2) is 5.53.